The van der Waals surface area contributed by atoms with Gasteiger partial charge in [-0.2, -0.15) is 0 Å². The molecule has 2 heterocycles. The number of amides is 1. The SMILES string of the molecule is Cc1noc(C(=O)N2C[C@]3(C)C[C@@H]2CC(C)(C)C3)c1Cl. The van der Waals surface area contributed by atoms with E-state index < -0.39 is 0 Å². The Hall–Kier alpha value is -1.03. The second-order valence-electron chi connectivity index (χ2n) is 7.56. The summed E-state index contributed by atoms with van der Waals surface area (Å²) in [6.45, 7) is 9.39. The monoisotopic (exact) mass is 296 g/mol. The maximum absolute atomic E-state index is 12.7. The van der Waals surface area contributed by atoms with Crippen molar-refractivity contribution < 1.29 is 9.32 Å². The van der Waals surface area contributed by atoms with Gasteiger partial charge in [0.05, 0.1) is 5.69 Å². The van der Waals surface area contributed by atoms with Crippen molar-refractivity contribution in [3.63, 3.8) is 0 Å². The smallest absolute Gasteiger partial charge is 0.294 e. The summed E-state index contributed by atoms with van der Waals surface area (Å²) in [7, 11) is 0. The molecule has 1 aliphatic heterocycles. The van der Waals surface area contributed by atoms with Crippen LogP contribution in [-0.4, -0.2) is 28.6 Å². The first kappa shape index (κ1) is 13.9. The van der Waals surface area contributed by atoms with Crippen molar-refractivity contribution >= 4 is 17.5 Å². The normalized spacial score (nSPS) is 31.6. The maximum Gasteiger partial charge on any atom is 0.294 e. The first-order chi connectivity index (χ1) is 9.21. The Balaban J connectivity index is 1.89. The van der Waals surface area contributed by atoms with Crippen molar-refractivity contribution in [2.75, 3.05) is 6.54 Å². The molecule has 0 aromatic carbocycles. The van der Waals surface area contributed by atoms with E-state index in [4.69, 9.17) is 16.1 Å². The summed E-state index contributed by atoms with van der Waals surface area (Å²) >= 11 is 6.11. The molecule has 5 heteroatoms. The number of hydrogen-bond acceptors (Lipinski definition) is 3. The van der Waals surface area contributed by atoms with Crippen LogP contribution in [0.3, 0.4) is 0 Å². The molecule has 2 fully saturated rings. The van der Waals surface area contributed by atoms with Crippen molar-refractivity contribution in [3.8, 4) is 0 Å². The van der Waals surface area contributed by atoms with Gasteiger partial charge in [-0.3, -0.25) is 4.79 Å². The van der Waals surface area contributed by atoms with Crippen molar-refractivity contribution in [2.45, 2.75) is 53.0 Å². The first-order valence-corrected chi connectivity index (χ1v) is 7.51. The molecular formula is C15H21ClN2O2. The molecule has 1 amide bonds. The lowest BCUT2D eigenvalue weighted by molar-refractivity contribution is 0.0667. The Kier molecular flexibility index (Phi) is 2.95. The number of fused-ring (bicyclic) bond motifs is 2. The fourth-order valence-electron chi connectivity index (χ4n) is 4.32. The summed E-state index contributed by atoms with van der Waals surface area (Å²) in [6, 6.07) is 0.290. The summed E-state index contributed by atoms with van der Waals surface area (Å²) in [6.07, 6.45) is 3.27. The van der Waals surface area contributed by atoms with Gasteiger partial charge in [0.25, 0.3) is 5.91 Å². The van der Waals surface area contributed by atoms with Gasteiger partial charge in [0, 0.05) is 12.6 Å². The second kappa shape index (κ2) is 4.23. The molecule has 0 radical (unpaired) electrons. The van der Waals surface area contributed by atoms with Crippen molar-refractivity contribution in [1.82, 2.24) is 10.1 Å². The topological polar surface area (TPSA) is 46.3 Å². The zero-order valence-corrected chi connectivity index (χ0v) is 13.3. The minimum atomic E-state index is -0.109. The van der Waals surface area contributed by atoms with Gasteiger partial charge in [-0.25, -0.2) is 0 Å². The van der Waals surface area contributed by atoms with E-state index in [1.165, 1.54) is 0 Å². The van der Waals surface area contributed by atoms with Gasteiger partial charge in [-0.15, -0.1) is 0 Å². The van der Waals surface area contributed by atoms with Crippen LogP contribution >= 0.6 is 11.6 Å². The number of carbonyl (C=O) groups excluding carboxylic acids is 1. The molecule has 0 N–H and O–H groups in total. The Morgan fingerprint density at radius 3 is 2.70 bits per heavy atom. The third kappa shape index (κ3) is 2.14. The molecule has 2 aliphatic rings. The van der Waals surface area contributed by atoms with E-state index in [-0.39, 0.29) is 28.5 Å². The van der Waals surface area contributed by atoms with E-state index in [0.717, 1.165) is 25.8 Å². The fraction of sp³-hybridized carbons (Fsp3) is 0.733. The predicted octanol–water partition coefficient (Wildman–Crippen LogP) is 3.68. The van der Waals surface area contributed by atoms with Gasteiger partial charge in [-0.1, -0.05) is 37.5 Å². The maximum atomic E-state index is 12.7. The van der Waals surface area contributed by atoms with E-state index in [9.17, 15) is 4.79 Å². The van der Waals surface area contributed by atoms with Gasteiger partial charge in [0.1, 0.15) is 5.02 Å². The summed E-state index contributed by atoms with van der Waals surface area (Å²) in [4.78, 5) is 14.6. The van der Waals surface area contributed by atoms with E-state index in [1.54, 1.807) is 6.92 Å². The van der Waals surface area contributed by atoms with Crippen LogP contribution in [0.1, 0.15) is 56.3 Å². The van der Waals surface area contributed by atoms with Gasteiger partial charge in [-0.05, 0) is 37.0 Å². The lowest BCUT2D eigenvalue weighted by atomic mass is 9.65. The number of hydrogen-bond donors (Lipinski definition) is 0. The molecule has 2 bridgehead atoms. The molecule has 20 heavy (non-hydrogen) atoms. The number of likely N-dealkylation sites (tertiary alicyclic amines) is 1. The summed E-state index contributed by atoms with van der Waals surface area (Å²) in [5.41, 5.74) is 1.07. The fourth-order valence-corrected chi connectivity index (χ4v) is 4.47. The van der Waals surface area contributed by atoms with Crippen molar-refractivity contribution in [3.05, 3.63) is 16.5 Å². The van der Waals surface area contributed by atoms with Crippen LogP contribution in [0.25, 0.3) is 0 Å². The Labute approximate surface area is 124 Å². The zero-order chi connectivity index (χ0) is 14.7. The van der Waals surface area contributed by atoms with Crippen LogP contribution < -0.4 is 0 Å². The molecule has 2 atom stereocenters. The highest BCUT2D eigenvalue weighted by molar-refractivity contribution is 6.33. The van der Waals surface area contributed by atoms with Gasteiger partial charge < -0.3 is 9.42 Å². The van der Waals surface area contributed by atoms with Crippen LogP contribution in [0.5, 0.6) is 0 Å². The molecule has 0 spiro atoms. The molecule has 0 unspecified atom stereocenters. The summed E-state index contributed by atoms with van der Waals surface area (Å²) < 4.78 is 5.13. The van der Waals surface area contributed by atoms with E-state index in [0.29, 0.717) is 10.7 Å². The number of aromatic nitrogens is 1. The third-order valence-corrected chi connectivity index (χ3v) is 5.11. The van der Waals surface area contributed by atoms with Crippen LogP contribution in [0.4, 0.5) is 0 Å². The number of aryl methyl sites for hydroxylation is 1. The van der Waals surface area contributed by atoms with Crippen molar-refractivity contribution in [1.29, 1.82) is 0 Å². The zero-order valence-electron chi connectivity index (χ0n) is 12.5. The van der Waals surface area contributed by atoms with E-state index in [1.807, 2.05) is 4.90 Å². The molecule has 1 aliphatic carbocycles. The molecule has 3 rings (SSSR count). The average Bonchev–Trinajstić information content (AvgIpc) is 2.76. The third-order valence-electron chi connectivity index (χ3n) is 4.66. The number of nitrogens with zero attached hydrogens (tertiary/aromatic N) is 2. The Bertz CT molecular complexity index is 566. The molecular weight excluding hydrogens is 276 g/mol. The molecule has 110 valence electrons. The molecule has 1 aromatic rings. The lowest BCUT2D eigenvalue weighted by Crippen LogP contribution is -2.37. The molecule has 4 nitrogen and oxygen atoms in total. The summed E-state index contributed by atoms with van der Waals surface area (Å²) in [5.74, 6) is 0.0835. The van der Waals surface area contributed by atoms with Crippen molar-refractivity contribution in [2.24, 2.45) is 10.8 Å². The minimum Gasteiger partial charge on any atom is -0.349 e. The average molecular weight is 297 g/mol. The second-order valence-corrected chi connectivity index (χ2v) is 7.94. The van der Waals surface area contributed by atoms with Crippen LogP contribution in [0.2, 0.25) is 5.02 Å². The van der Waals surface area contributed by atoms with E-state index in [2.05, 4.69) is 25.9 Å². The predicted molar refractivity (Wildman–Crippen MR) is 76.8 cm³/mol. The Morgan fingerprint density at radius 2 is 2.10 bits per heavy atom. The minimum absolute atomic E-state index is 0.109. The highest BCUT2D eigenvalue weighted by Crippen LogP contribution is 2.52. The van der Waals surface area contributed by atoms with Gasteiger partial charge >= 0.3 is 0 Å². The largest absolute Gasteiger partial charge is 0.349 e. The molecule has 1 aromatic heterocycles. The number of carbonyl (C=O) groups is 1. The molecule has 1 saturated carbocycles. The summed E-state index contributed by atoms with van der Waals surface area (Å²) in [5, 5.41) is 4.13. The standard InChI is InChI=1S/C15H21ClN2O2/c1-9-11(16)12(20-17-9)13(19)18-8-15(4)6-10(18)5-14(2,3)7-15/h10H,5-8H2,1-4H3/t10-,15+/m0/s1. The number of rotatable bonds is 1. The van der Waals surface area contributed by atoms with Crippen LogP contribution in [0.15, 0.2) is 4.52 Å². The highest BCUT2D eigenvalue weighted by atomic mass is 35.5. The first-order valence-electron chi connectivity index (χ1n) is 7.14. The van der Waals surface area contributed by atoms with Gasteiger partial charge in [0.2, 0.25) is 5.76 Å². The lowest BCUT2D eigenvalue weighted by Gasteiger charge is -2.39. The van der Waals surface area contributed by atoms with Gasteiger partial charge in [0.15, 0.2) is 0 Å². The number of halogens is 1. The highest BCUT2D eigenvalue weighted by Gasteiger charge is 2.51. The Morgan fingerprint density at radius 1 is 1.40 bits per heavy atom. The van der Waals surface area contributed by atoms with E-state index >= 15 is 0 Å². The quantitative estimate of drug-likeness (QED) is 0.794. The molecule has 1 saturated heterocycles. The van der Waals surface area contributed by atoms with Crippen LogP contribution in [-0.2, 0) is 0 Å². The van der Waals surface area contributed by atoms with Crippen LogP contribution in [0, 0.1) is 17.8 Å².